The first-order valence-corrected chi connectivity index (χ1v) is 11.0. The standard InChI is InChI=1S/C19H26N4O5S/c1-14(16-6-4-3-5-7-16)23-13-17(12-18(23)25)19(26)20-29(27,28)22-10-8-21(9-11-22)15(2)24/h3-7,14,17H,8-13H2,1-2H3,(H,20,26). The van der Waals surface area contributed by atoms with Crippen molar-refractivity contribution in [2.45, 2.75) is 26.3 Å². The summed E-state index contributed by atoms with van der Waals surface area (Å²) in [5.74, 6) is -1.67. The van der Waals surface area contributed by atoms with Crippen LogP contribution in [0.5, 0.6) is 0 Å². The Morgan fingerprint density at radius 3 is 2.31 bits per heavy atom. The number of hydrogen-bond donors (Lipinski definition) is 1. The molecule has 1 N–H and O–H groups in total. The first-order valence-electron chi connectivity index (χ1n) is 9.60. The molecule has 2 atom stereocenters. The largest absolute Gasteiger partial charge is 0.340 e. The van der Waals surface area contributed by atoms with Crippen molar-refractivity contribution in [3.63, 3.8) is 0 Å². The van der Waals surface area contributed by atoms with Gasteiger partial charge < -0.3 is 9.80 Å². The highest BCUT2D eigenvalue weighted by Crippen LogP contribution is 2.28. The lowest BCUT2D eigenvalue weighted by Gasteiger charge is -2.33. The zero-order valence-corrected chi connectivity index (χ0v) is 17.4. The average Bonchev–Trinajstić information content (AvgIpc) is 3.09. The number of nitrogens with zero attached hydrogens (tertiary/aromatic N) is 3. The summed E-state index contributed by atoms with van der Waals surface area (Å²) in [6.45, 7) is 4.33. The molecule has 2 aliphatic rings. The van der Waals surface area contributed by atoms with Gasteiger partial charge in [0.25, 0.3) is 0 Å². The second-order valence-corrected chi connectivity index (χ2v) is 9.08. The predicted octanol–water partition coefficient (Wildman–Crippen LogP) is 0.121. The summed E-state index contributed by atoms with van der Waals surface area (Å²) in [7, 11) is -4.01. The maximum Gasteiger partial charge on any atom is 0.303 e. The van der Waals surface area contributed by atoms with Gasteiger partial charge in [-0.15, -0.1) is 0 Å². The van der Waals surface area contributed by atoms with Gasteiger partial charge in [0, 0.05) is 46.1 Å². The summed E-state index contributed by atoms with van der Waals surface area (Å²) in [4.78, 5) is 39.5. The van der Waals surface area contributed by atoms with E-state index in [2.05, 4.69) is 4.72 Å². The number of carbonyl (C=O) groups is 3. The van der Waals surface area contributed by atoms with Crippen LogP contribution in [-0.4, -0.2) is 73.0 Å². The molecule has 3 amide bonds. The van der Waals surface area contributed by atoms with Crippen molar-refractivity contribution in [3.8, 4) is 0 Å². The summed E-state index contributed by atoms with van der Waals surface area (Å²) >= 11 is 0. The Morgan fingerprint density at radius 2 is 1.72 bits per heavy atom. The maximum absolute atomic E-state index is 12.6. The Morgan fingerprint density at radius 1 is 1.10 bits per heavy atom. The van der Waals surface area contributed by atoms with Crippen LogP contribution in [0.2, 0.25) is 0 Å². The smallest absolute Gasteiger partial charge is 0.303 e. The molecule has 2 heterocycles. The van der Waals surface area contributed by atoms with E-state index in [1.54, 1.807) is 9.80 Å². The Balaban J connectivity index is 1.60. The van der Waals surface area contributed by atoms with Crippen LogP contribution in [0.25, 0.3) is 0 Å². The minimum atomic E-state index is -4.01. The molecule has 158 valence electrons. The zero-order chi connectivity index (χ0) is 21.2. The van der Waals surface area contributed by atoms with Crippen LogP contribution in [0.15, 0.2) is 30.3 Å². The highest BCUT2D eigenvalue weighted by molar-refractivity contribution is 7.87. The summed E-state index contributed by atoms with van der Waals surface area (Å²) in [5.41, 5.74) is 0.956. The predicted molar refractivity (Wildman–Crippen MR) is 106 cm³/mol. The molecule has 1 aromatic rings. The molecule has 0 aromatic heterocycles. The topological polar surface area (TPSA) is 107 Å². The first kappa shape index (κ1) is 21.3. The molecule has 0 spiro atoms. The summed E-state index contributed by atoms with van der Waals surface area (Å²) in [6.07, 6.45) is -0.0172. The van der Waals surface area contributed by atoms with Gasteiger partial charge in [-0.1, -0.05) is 30.3 Å². The number of benzene rings is 1. The number of hydrogen-bond acceptors (Lipinski definition) is 5. The van der Waals surface area contributed by atoms with E-state index in [1.165, 1.54) is 6.92 Å². The van der Waals surface area contributed by atoms with Gasteiger partial charge in [0.15, 0.2) is 0 Å². The highest BCUT2D eigenvalue weighted by Gasteiger charge is 2.39. The van der Waals surface area contributed by atoms with Gasteiger partial charge in [0.05, 0.1) is 12.0 Å². The quantitative estimate of drug-likeness (QED) is 0.725. The Bertz CT molecular complexity index is 881. The molecule has 9 nitrogen and oxygen atoms in total. The van der Waals surface area contributed by atoms with E-state index >= 15 is 0 Å². The summed E-state index contributed by atoms with van der Waals surface area (Å²) < 4.78 is 28.3. The third-order valence-electron chi connectivity index (χ3n) is 5.53. The fraction of sp³-hybridized carbons (Fsp3) is 0.526. The third-order valence-corrected chi connectivity index (χ3v) is 7.04. The van der Waals surface area contributed by atoms with E-state index in [4.69, 9.17) is 0 Å². The van der Waals surface area contributed by atoms with Crippen LogP contribution in [0.1, 0.15) is 31.9 Å². The molecule has 0 radical (unpaired) electrons. The molecule has 2 unspecified atom stereocenters. The van der Waals surface area contributed by atoms with Crippen LogP contribution in [0.3, 0.4) is 0 Å². The second kappa shape index (κ2) is 8.50. The van der Waals surface area contributed by atoms with Gasteiger partial charge in [-0.25, -0.2) is 4.72 Å². The Kier molecular flexibility index (Phi) is 6.23. The number of rotatable bonds is 5. The van der Waals surface area contributed by atoms with E-state index < -0.39 is 22.0 Å². The lowest BCUT2D eigenvalue weighted by atomic mass is 10.1. The van der Waals surface area contributed by atoms with Crippen molar-refractivity contribution in [1.29, 1.82) is 0 Å². The summed E-state index contributed by atoms with van der Waals surface area (Å²) in [6, 6.07) is 9.29. The van der Waals surface area contributed by atoms with Gasteiger partial charge in [-0.2, -0.15) is 12.7 Å². The van der Waals surface area contributed by atoms with Gasteiger partial charge >= 0.3 is 10.2 Å². The Hall–Kier alpha value is -2.46. The molecule has 3 rings (SSSR count). The van der Waals surface area contributed by atoms with E-state index in [0.29, 0.717) is 0 Å². The number of carbonyl (C=O) groups excluding carboxylic acids is 3. The molecule has 2 aliphatic heterocycles. The van der Waals surface area contributed by atoms with Crippen molar-refractivity contribution >= 4 is 27.9 Å². The monoisotopic (exact) mass is 422 g/mol. The minimum Gasteiger partial charge on any atom is -0.340 e. The second-order valence-electron chi connectivity index (χ2n) is 7.41. The fourth-order valence-corrected chi connectivity index (χ4v) is 4.91. The molecule has 1 aromatic carbocycles. The molecule has 0 aliphatic carbocycles. The minimum absolute atomic E-state index is 0.0172. The zero-order valence-electron chi connectivity index (χ0n) is 16.6. The molecule has 0 bridgehead atoms. The van der Waals surface area contributed by atoms with Crippen LogP contribution in [0, 0.1) is 5.92 Å². The van der Waals surface area contributed by atoms with E-state index in [1.807, 2.05) is 37.3 Å². The highest BCUT2D eigenvalue weighted by atomic mass is 32.2. The summed E-state index contributed by atoms with van der Waals surface area (Å²) in [5, 5.41) is 0. The lowest BCUT2D eigenvalue weighted by Crippen LogP contribution is -2.54. The van der Waals surface area contributed by atoms with Crippen LogP contribution in [0.4, 0.5) is 0 Å². The fourth-order valence-electron chi connectivity index (χ4n) is 3.71. The van der Waals surface area contributed by atoms with E-state index in [-0.39, 0.29) is 57.0 Å². The van der Waals surface area contributed by atoms with Crippen molar-refractivity contribution in [2.24, 2.45) is 5.92 Å². The van der Waals surface area contributed by atoms with Crippen molar-refractivity contribution < 1.29 is 22.8 Å². The van der Waals surface area contributed by atoms with Gasteiger partial charge in [-0.05, 0) is 12.5 Å². The first-order chi connectivity index (χ1) is 13.7. The number of likely N-dealkylation sites (tertiary alicyclic amines) is 1. The SMILES string of the molecule is CC(=O)N1CCN(S(=O)(=O)NC(=O)C2CC(=O)N(C(C)c3ccccc3)C2)CC1. The van der Waals surface area contributed by atoms with Crippen molar-refractivity contribution in [2.75, 3.05) is 32.7 Å². The lowest BCUT2D eigenvalue weighted by molar-refractivity contribution is -0.130. The van der Waals surface area contributed by atoms with E-state index in [9.17, 15) is 22.8 Å². The molecular formula is C19H26N4O5S. The number of nitrogens with one attached hydrogen (secondary N) is 1. The van der Waals surface area contributed by atoms with Crippen LogP contribution >= 0.6 is 0 Å². The molecule has 0 saturated carbocycles. The average molecular weight is 423 g/mol. The Labute approximate surface area is 170 Å². The molecule has 2 fully saturated rings. The molecular weight excluding hydrogens is 396 g/mol. The van der Waals surface area contributed by atoms with Crippen molar-refractivity contribution in [3.05, 3.63) is 35.9 Å². The molecule has 10 heteroatoms. The number of amides is 3. The van der Waals surface area contributed by atoms with Crippen molar-refractivity contribution in [1.82, 2.24) is 18.8 Å². The van der Waals surface area contributed by atoms with Gasteiger partial charge in [0.2, 0.25) is 17.7 Å². The van der Waals surface area contributed by atoms with Gasteiger partial charge in [0.1, 0.15) is 0 Å². The van der Waals surface area contributed by atoms with Crippen LogP contribution in [-0.2, 0) is 24.6 Å². The maximum atomic E-state index is 12.6. The third kappa shape index (κ3) is 4.76. The van der Waals surface area contributed by atoms with Crippen LogP contribution < -0.4 is 4.72 Å². The van der Waals surface area contributed by atoms with Gasteiger partial charge in [-0.3, -0.25) is 14.4 Å². The van der Waals surface area contributed by atoms with E-state index in [0.717, 1.165) is 9.87 Å². The molecule has 29 heavy (non-hydrogen) atoms. The normalized spacial score (nSPS) is 21.9. The molecule has 2 saturated heterocycles. The number of piperazine rings is 1.